The number of amides is 2. The molecule has 0 bridgehead atoms. The molecule has 2 heterocycles. The number of hydrogen-bond acceptors (Lipinski definition) is 4. The van der Waals surface area contributed by atoms with Crippen molar-refractivity contribution in [2.24, 2.45) is 0 Å². The maximum absolute atomic E-state index is 12.7. The van der Waals surface area contributed by atoms with Gasteiger partial charge in [-0.3, -0.25) is 0 Å². The maximum Gasteiger partial charge on any atom is 0.318 e. The molecule has 6 heteroatoms. The fraction of sp³-hybridized carbons (Fsp3) is 0.421. The smallest absolute Gasteiger partial charge is 0.318 e. The molecular weight excluding hydrogens is 320 g/mol. The van der Waals surface area contributed by atoms with Gasteiger partial charge in [0.2, 0.25) is 0 Å². The molecule has 4 rings (SSSR count). The summed E-state index contributed by atoms with van der Waals surface area (Å²) in [5.41, 5.74) is 1.96. The van der Waals surface area contributed by atoms with E-state index in [1.807, 2.05) is 31.2 Å². The highest BCUT2D eigenvalue weighted by molar-refractivity contribution is 5.75. The summed E-state index contributed by atoms with van der Waals surface area (Å²) < 4.78 is 11.4. The van der Waals surface area contributed by atoms with Crippen molar-refractivity contribution in [2.45, 2.75) is 31.9 Å². The number of carbonyl (C=O) groups is 1. The van der Waals surface area contributed by atoms with Gasteiger partial charge >= 0.3 is 6.03 Å². The summed E-state index contributed by atoms with van der Waals surface area (Å²) in [6.07, 6.45) is 1.36. The minimum Gasteiger partial charge on any atom is -0.508 e. The number of phenols is 1. The van der Waals surface area contributed by atoms with Crippen molar-refractivity contribution < 1.29 is 19.1 Å². The number of aromatic hydroxyl groups is 1. The van der Waals surface area contributed by atoms with Crippen molar-refractivity contribution in [1.29, 1.82) is 0 Å². The van der Waals surface area contributed by atoms with Crippen molar-refractivity contribution >= 4 is 6.03 Å². The van der Waals surface area contributed by atoms with Crippen LogP contribution in [0.3, 0.4) is 0 Å². The molecular formula is C19H22N2O4. The molecule has 1 aliphatic carbocycles. The Labute approximate surface area is 146 Å². The molecule has 1 aliphatic heterocycles. The van der Waals surface area contributed by atoms with Crippen molar-refractivity contribution in [3.8, 4) is 5.75 Å². The van der Waals surface area contributed by atoms with E-state index in [0.717, 1.165) is 35.5 Å². The number of carbonyl (C=O) groups excluding carboxylic acids is 1. The molecule has 132 valence electrons. The molecule has 25 heavy (non-hydrogen) atoms. The van der Waals surface area contributed by atoms with Gasteiger partial charge in [0.25, 0.3) is 0 Å². The fourth-order valence-electron chi connectivity index (χ4n) is 3.66. The summed E-state index contributed by atoms with van der Waals surface area (Å²) in [6, 6.07) is 9.14. The summed E-state index contributed by atoms with van der Waals surface area (Å²) in [5, 5.41) is 13.0. The van der Waals surface area contributed by atoms with Gasteiger partial charge in [-0.25, -0.2) is 4.79 Å². The minimum atomic E-state index is -0.229. The number of nitrogens with one attached hydrogen (secondary N) is 1. The Kier molecular flexibility index (Phi) is 4.13. The second-order valence-electron chi connectivity index (χ2n) is 6.64. The average Bonchev–Trinajstić information content (AvgIpc) is 3.23. The lowest BCUT2D eigenvalue weighted by Gasteiger charge is -2.33. The van der Waals surface area contributed by atoms with Crippen LogP contribution in [-0.4, -0.2) is 35.7 Å². The highest BCUT2D eigenvalue weighted by Gasteiger charge is 2.31. The van der Waals surface area contributed by atoms with E-state index in [0.29, 0.717) is 25.4 Å². The van der Waals surface area contributed by atoms with Gasteiger partial charge in [-0.1, -0.05) is 12.1 Å². The molecule has 1 saturated heterocycles. The normalized spacial score (nSPS) is 22.7. The van der Waals surface area contributed by atoms with Crippen LogP contribution in [-0.2, 0) is 11.2 Å². The van der Waals surface area contributed by atoms with Gasteiger partial charge in [0, 0.05) is 6.54 Å². The van der Waals surface area contributed by atoms with Crippen LogP contribution in [0.15, 0.2) is 34.7 Å². The molecule has 2 N–H and O–H groups in total. The summed E-state index contributed by atoms with van der Waals surface area (Å²) in [6.45, 7) is 3.41. The third kappa shape index (κ3) is 3.09. The standard InChI is InChI=1S/C19H22N2O4/c1-12-5-8-17(25-12)18-11-21(9-10-24-18)19(23)20-15-7-6-14-13(15)3-2-4-16(14)22/h2-5,8,15,18,22H,6-7,9-11H2,1H3,(H,20,23)/t15-,18+/m0/s1. The van der Waals surface area contributed by atoms with Gasteiger partial charge < -0.3 is 24.5 Å². The van der Waals surface area contributed by atoms with E-state index in [9.17, 15) is 9.90 Å². The highest BCUT2D eigenvalue weighted by Crippen LogP contribution is 2.36. The van der Waals surface area contributed by atoms with E-state index < -0.39 is 0 Å². The van der Waals surface area contributed by atoms with Crippen LogP contribution in [0.5, 0.6) is 5.75 Å². The molecule has 0 saturated carbocycles. The number of rotatable bonds is 2. The number of urea groups is 1. The first kappa shape index (κ1) is 16.0. The lowest BCUT2D eigenvalue weighted by molar-refractivity contribution is -0.0266. The van der Waals surface area contributed by atoms with E-state index in [1.165, 1.54) is 0 Å². The molecule has 2 atom stereocenters. The average molecular weight is 342 g/mol. The predicted molar refractivity (Wildman–Crippen MR) is 91.4 cm³/mol. The number of aryl methyl sites for hydroxylation is 1. The van der Waals surface area contributed by atoms with Gasteiger partial charge in [0.15, 0.2) is 0 Å². The van der Waals surface area contributed by atoms with Crippen molar-refractivity contribution in [1.82, 2.24) is 10.2 Å². The SMILES string of the molecule is Cc1ccc([C@H]2CN(C(=O)N[C@H]3CCc4c(O)cccc43)CCO2)o1. The number of nitrogens with zero attached hydrogens (tertiary/aromatic N) is 1. The van der Waals surface area contributed by atoms with Crippen LogP contribution < -0.4 is 5.32 Å². The third-order valence-electron chi connectivity index (χ3n) is 4.98. The number of benzene rings is 1. The molecule has 2 amide bonds. The topological polar surface area (TPSA) is 74.9 Å². The lowest BCUT2D eigenvalue weighted by Crippen LogP contribution is -2.47. The zero-order chi connectivity index (χ0) is 17.4. The number of morpholine rings is 1. The second-order valence-corrected chi connectivity index (χ2v) is 6.64. The monoisotopic (exact) mass is 342 g/mol. The molecule has 2 aliphatic rings. The van der Waals surface area contributed by atoms with Crippen LogP contribution in [0.4, 0.5) is 4.79 Å². The van der Waals surface area contributed by atoms with E-state index in [2.05, 4.69) is 5.32 Å². The largest absolute Gasteiger partial charge is 0.508 e. The Morgan fingerprint density at radius 3 is 3.00 bits per heavy atom. The van der Waals surface area contributed by atoms with Gasteiger partial charge in [0.05, 0.1) is 19.2 Å². The number of phenolic OH excluding ortho intramolecular Hbond substituents is 1. The molecule has 0 unspecified atom stereocenters. The fourth-order valence-corrected chi connectivity index (χ4v) is 3.66. The number of ether oxygens (including phenoxy) is 1. The van der Waals surface area contributed by atoms with E-state index in [-0.39, 0.29) is 18.2 Å². The summed E-state index contributed by atoms with van der Waals surface area (Å²) >= 11 is 0. The van der Waals surface area contributed by atoms with Crippen LogP contribution in [0.2, 0.25) is 0 Å². The van der Waals surface area contributed by atoms with Gasteiger partial charge in [-0.2, -0.15) is 0 Å². The summed E-state index contributed by atoms with van der Waals surface area (Å²) in [7, 11) is 0. The molecule has 1 aromatic heterocycles. The Morgan fingerprint density at radius 2 is 2.20 bits per heavy atom. The molecule has 6 nitrogen and oxygen atoms in total. The van der Waals surface area contributed by atoms with Crippen molar-refractivity contribution in [3.05, 3.63) is 53.0 Å². The van der Waals surface area contributed by atoms with Crippen LogP contribution >= 0.6 is 0 Å². The van der Waals surface area contributed by atoms with E-state index >= 15 is 0 Å². The second kappa shape index (κ2) is 6.44. The molecule has 1 aromatic carbocycles. The van der Waals surface area contributed by atoms with Crippen LogP contribution in [0, 0.1) is 6.92 Å². The molecule has 0 spiro atoms. The van der Waals surface area contributed by atoms with Gasteiger partial charge in [-0.15, -0.1) is 0 Å². The Balaban J connectivity index is 1.43. The molecule has 1 fully saturated rings. The third-order valence-corrected chi connectivity index (χ3v) is 4.98. The summed E-state index contributed by atoms with van der Waals surface area (Å²) in [5.74, 6) is 1.91. The number of furan rings is 1. The quantitative estimate of drug-likeness (QED) is 0.879. The van der Waals surface area contributed by atoms with Crippen molar-refractivity contribution in [2.75, 3.05) is 19.7 Å². The zero-order valence-corrected chi connectivity index (χ0v) is 14.2. The van der Waals surface area contributed by atoms with Crippen LogP contribution in [0.25, 0.3) is 0 Å². The van der Waals surface area contributed by atoms with E-state index in [4.69, 9.17) is 9.15 Å². The van der Waals surface area contributed by atoms with Crippen LogP contribution in [0.1, 0.15) is 41.2 Å². The first-order valence-corrected chi connectivity index (χ1v) is 8.66. The predicted octanol–water partition coefficient (Wildman–Crippen LogP) is 3.06. The number of fused-ring (bicyclic) bond motifs is 1. The zero-order valence-electron chi connectivity index (χ0n) is 14.2. The van der Waals surface area contributed by atoms with Crippen molar-refractivity contribution in [3.63, 3.8) is 0 Å². The maximum atomic E-state index is 12.7. The Morgan fingerprint density at radius 1 is 1.32 bits per heavy atom. The highest BCUT2D eigenvalue weighted by atomic mass is 16.5. The first-order valence-electron chi connectivity index (χ1n) is 8.66. The minimum absolute atomic E-state index is 0.0539. The van der Waals surface area contributed by atoms with E-state index in [1.54, 1.807) is 11.0 Å². The molecule has 2 aromatic rings. The summed E-state index contributed by atoms with van der Waals surface area (Å²) in [4.78, 5) is 14.5. The van der Waals surface area contributed by atoms with Gasteiger partial charge in [-0.05, 0) is 49.1 Å². The first-order chi connectivity index (χ1) is 12.1. The Bertz CT molecular complexity index is 785. The molecule has 0 radical (unpaired) electrons. The lowest BCUT2D eigenvalue weighted by atomic mass is 10.1. The Hall–Kier alpha value is -2.47. The van der Waals surface area contributed by atoms with Gasteiger partial charge in [0.1, 0.15) is 23.4 Å². The number of hydrogen-bond donors (Lipinski definition) is 2.